The van der Waals surface area contributed by atoms with E-state index in [-0.39, 0.29) is 0 Å². The molecule has 126 valence electrons. The Morgan fingerprint density at radius 3 is 2.52 bits per heavy atom. The Labute approximate surface area is 158 Å². The number of benzene rings is 2. The second kappa shape index (κ2) is 6.42. The molecule has 0 spiro atoms. The molecule has 2 nitrogen and oxygen atoms in total. The Balaban J connectivity index is 1.92. The van der Waals surface area contributed by atoms with Gasteiger partial charge in [-0.05, 0) is 74.3 Å². The summed E-state index contributed by atoms with van der Waals surface area (Å²) >= 11 is 12.2. The normalized spacial score (nSPS) is 17.2. The van der Waals surface area contributed by atoms with Crippen LogP contribution in [0.4, 0.5) is 0 Å². The summed E-state index contributed by atoms with van der Waals surface area (Å²) in [6.45, 7) is 3.28. The Hall–Kier alpha value is -1.92. The first-order chi connectivity index (χ1) is 12.0. The molecule has 0 fully saturated rings. The summed E-state index contributed by atoms with van der Waals surface area (Å²) < 4.78 is 2.13. The van der Waals surface area contributed by atoms with Crippen molar-refractivity contribution < 1.29 is 0 Å². The average molecular weight is 369 g/mol. The van der Waals surface area contributed by atoms with Gasteiger partial charge in [0.2, 0.25) is 0 Å². The first kappa shape index (κ1) is 16.5. The molecule has 0 radical (unpaired) electrons. The van der Waals surface area contributed by atoms with E-state index in [1.165, 1.54) is 16.6 Å². The minimum absolute atomic E-state index is 0.314. The van der Waals surface area contributed by atoms with Crippen LogP contribution in [0, 0.1) is 12.0 Å². The van der Waals surface area contributed by atoms with E-state index in [0.717, 1.165) is 34.1 Å². The molecule has 0 amide bonds. The van der Waals surface area contributed by atoms with E-state index in [0.29, 0.717) is 6.04 Å². The highest BCUT2D eigenvalue weighted by molar-refractivity contribution is 6.31. The van der Waals surface area contributed by atoms with Crippen molar-refractivity contribution in [3.63, 3.8) is 0 Å². The molecule has 1 aromatic heterocycles. The van der Waals surface area contributed by atoms with Crippen LogP contribution in [0.15, 0.2) is 42.5 Å². The van der Waals surface area contributed by atoms with E-state index in [2.05, 4.69) is 47.5 Å². The zero-order chi connectivity index (χ0) is 17.6. The lowest BCUT2D eigenvalue weighted by atomic mass is 9.99. The van der Waals surface area contributed by atoms with E-state index in [9.17, 15) is 0 Å². The van der Waals surface area contributed by atoms with Crippen molar-refractivity contribution >= 4 is 34.1 Å². The van der Waals surface area contributed by atoms with E-state index in [1.807, 2.05) is 30.3 Å². The zero-order valence-corrected chi connectivity index (χ0v) is 15.7. The Morgan fingerprint density at radius 1 is 1.04 bits per heavy atom. The van der Waals surface area contributed by atoms with Crippen LogP contribution >= 0.6 is 23.2 Å². The molecule has 4 rings (SSSR count). The lowest BCUT2D eigenvalue weighted by Crippen LogP contribution is -2.31. The second-order valence-electron chi connectivity index (χ2n) is 6.51. The van der Waals surface area contributed by atoms with Crippen molar-refractivity contribution in [3.05, 3.63) is 69.3 Å². The Bertz CT molecular complexity index is 1010. The van der Waals surface area contributed by atoms with Gasteiger partial charge in [-0.1, -0.05) is 23.2 Å². The van der Waals surface area contributed by atoms with Crippen LogP contribution < -0.4 is 0 Å². The maximum atomic E-state index is 6.26. The molecule has 25 heavy (non-hydrogen) atoms. The molecule has 0 bridgehead atoms. The third kappa shape index (κ3) is 2.93. The van der Waals surface area contributed by atoms with E-state index in [1.54, 1.807) is 0 Å². The summed E-state index contributed by atoms with van der Waals surface area (Å²) in [5, 5.41) is 2.71. The molecule has 0 aliphatic carbocycles. The SMILES string of the molecule is CC1c2c(c3cc(Cl)ccc3n2C#Cc2ccc(Cl)cc2)CCN1C. The topological polar surface area (TPSA) is 8.17 Å². The fourth-order valence-corrected chi connectivity index (χ4v) is 3.81. The first-order valence-corrected chi connectivity index (χ1v) is 9.11. The van der Waals surface area contributed by atoms with Gasteiger partial charge >= 0.3 is 0 Å². The molecule has 0 saturated carbocycles. The van der Waals surface area contributed by atoms with Gasteiger partial charge in [-0.15, -0.1) is 0 Å². The molecule has 1 aliphatic rings. The third-order valence-corrected chi connectivity index (χ3v) is 5.49. The molecule has 4 heteroatoms. The van der Waals surface area contributed by atoms with Crippen molar-refractivity contribution in [2.75, 3.05) is 13.6 Å². The summed E-state index contributed by atoms with van der Waals surface area (Å²) in [5.41, 5.74) is 4.71. The highest BCUT2D eigenvalue weighted by Gasteiger charge is 2.27. The van der Waals surface area contributed by atoms with E-state index < -0.39 is 0 Å². The minimum Gasteiger partial charge on any atom is -0.298 e. The van der Waals surface area contributed by atoms with Crippen LogP contribution in [0.1, 0.15) is 29.8 Å². The van der Waals surface area contributed by atoms with Crippen LogP contribution in [0.2, 0.25) is 10.0 Å². The highest BCUT2D eigenvalue weighted by Crippen LogP contribution is 2.36. The molecule has 1 unspecified atom stereocenters. The largest absolute Gasteiger partial charge is 0.298 e. The maximum Gasteiger partial charge on any atom is 0.0619 e. The van der Waals surface area contributed by atoms with Gasteiger partial charge < -0.3 is 0 Å². The maximum absolute atomic E-state index is 6.26. The first-order valence-electron chi connectivity index (χ1n) is 8.35. The predicted molar refractivity (Wildman–Crippen MR) is 105 cm³/mol. The molecular formula is C21H18Cl2N2. The summed E-state index contributed by atoms with van der Waals surface area (Å²) in [6, 6.07) is 17.4. The predicted octanol–water partition coefficient (Wildman–Crippen LogP) is 5.35. The molecule has 0 saturated heterocycles. The van der Waals surface area contributed by atoms with Crippen LogP contribution in [0.3, 0.4) is 0 Å². The zero-order valence-electron chi connectivity index (χ0n) is 14.2. The lowest BCUT2D eigenvalue weighted by Gasteiger charge is -2.30. The standard InChI is InChI=1S/C21H18Cl2N2/c1-14-21-18(10-11-24(14)2)19-13-17(23)7-8-20(19)25(21)12-9-15-3-5-16(22)6-4-15/h3-8,13-14H,10-11H2,1-2H3. The van der Waals surface area contributed by atoms with Gasteiger partial charge in [0.05, 0.1) is 11.2 Å². The fourth-order valence-electron chi connectivity index (χ4n) is 3.51. The molecule has 2 heterocycles. The number of hydrogen-bond donors (Lipinski definition) is 0. The molecule has 0 N–H and O–H groups in total. The van der Waals surface area contributed by atoms with Crippen molar-refractivity contribution in [3.8, 4) is 12.0 Å². The Morgan fingerprint density at radius 2 is 1.76 bits per heavy atom. The monoisotopic (exact) mass is 368 g/mol. The Kier molecular flexibility index (Phi) is 4.25. The van der Waals surface area contributed by atoms with Gasteiger partial charge in [-0.3, -0.25) is 9.47 Å². The van der Waals surface area contributed by atoms with Gasteiger partial charge in [0.15, 0.2) is 0 Å². The van der Waals surface area contributed by atoms with Gasteiger partial charge in [0.1, 0.15) is 0 Å². The van der Waals surface area contributed by atoms with Crippen LogP contribution in [-0.2, 0) is 6.42 Å². The number of hydrogen-bond acceptors (Lipinski definition) is 1. The fraction of sp³-hybridized carbons (Fsp3) is 0.238. The van der Waals surface area contributed by atoms with E-state index in [4.69, 9.17) is 23.2 Å². The molecule has 2 aromatic carbocycles. The van der Waals surface area contributed by atoms with Crippen LogP contribution in [0.25, 0.3) is 10.9 Å². The molecular weight excluding hydrogens is 351 g/mol. The van der Waals surface area contributed by atoms with Crippen molar-refractivity contribution in [2.24, 2.45) is 0 Å². The number of nitrogens with zero attached hydrogens (tertiary/aromatic N) is 2. The second-order valence-corrected chi connectivity index (χ2v) is 7.38. The molecule has 1 aliphatic heterocycles. The summed E-state index contributed by atoms with van der Waals surface area (Å²) in [7, 11) is 2.16. The lowest BCUT2D eigenvalue weighted by molar-refractivity contribution is 0.242. The number of likely N-dealkylation sites (N-methyl/N-ethyl adjacent to an activating group) is 1. The third-order valence-electron chi connectivity index (χ3n) is 5.00. The van der Waals surface area contributed by atoms with Crippen LogP contribution in [-0.4, -0.2) is 23.1 Å². The minimum atomic E-state index is 0.314. The van der Waals surface area contributed by atoms with Crippen molar-refractivity contribution in [2.45, 2.75) is 19.4 Å². The van der Waals surface area contributed by atoms with Gasteiger partial charge in [0, 0.05) is 39.6 Å². The quantitative estimate of drug-likeness (QED) is 0.485. The van der Waals surface area contributed by atoms with Crippen LogP contribution in [0.5, 0.6) is 0 Å². The number of rotatable bonds is 0. The van der Waals surface area contributed by atoms with Gasteiger partial charge in [0.25, 0.3) is 0 Å². The molecule has 3 aromatic rings. The van der Waals surface area contributed by atoms with E-state index >= 15 is 0 Å². The number of fused-ring (bicyclic) bond motifs is 3. The number of aromatic nitrogens is 1. The number of halogens is 2. The average Bonchev–Trinajstić information content (AvgIpc) is 2.91. The van der Waals surface area contributed by atoms with Crippen molar-refractivity contribution in [1.82, 2.24) is 9.47 Å². The molecule has 1 atom stereocenters. The van der Waals surface area contributed by atoms with Gasteiger partial charge in [-0.2, -0.15) is 0 Å². The van der Waals surface area contributed by atoms with Gasteiger partial charge in [-0.25, -0.2) is 0 Å². The van der Waals surface area contributed by atoms with Crippen molar-refractivity contribution in [1.29, 1.82) is 0 Å². The summed E-state index contributed by atoms with van der Waals surface area (Å²) in [4.78, 5) is 2.36. The smallest absolute Gasteiger partial charge is 0.0619 e. The highest BCUT2D eigenvalue weighted by atomic mass is 35.5. The summed E-state index contributed by atoms with van der Waals surface area (Å²) in [6.07, 6.45) is 1.02. The summed E-state index contributed by atoms with van der Waals surface area (Å²) in [5.74, 6) is 3.27.